The summed E-state index contributed by atoms with van der Waals surface area (Å²) in [6.45, 7) is 2.00. The largest absolute Gasteiger partial charge is 0.382 e. The van der Waals surface area contributed by atoms with Crippen molar-refractivity contribution in [1.29, 1.82) is 0 Å². The molecule has 0 fully saturated rings. The average Bonchev–Trinajstić information content (AvgIpc) is 2.29. The zero-order chi connectivity index (χ0) is 12.4. The number of rotatable bonds is 2. The van der Waals surface area contributed by atoms with Gasteiger partial charge in [0.1, 0.15) is 5.82 Å². The first kappa shape index (κ1) is 12.0. The summed E-state index contributed by atoms with van der Waals surface area (Å²) in [6.07, 6.45) is 0. The third-order valence-corrected chi connectivity index (χ3v) is 2.95. The first-order valence-corrected chi connectivity index (χ1v) is 5.77. The molecule has 3 nitrogen and oxygen atoms in total. The number of hydrogen-bond donors (Lipinski definition) is 2. The van der Waals surface area contributed by atoms with E-state index in [1.54, 1.807) is 6.07 Å². The van der Waals surface area contributed by atoms with Gasteiger partial charge in [-0.15, -0.1) is 0 Å². The number of nitrogens with two attached hydrogens (primary N) is 1. The number of nitrogens with one attached hydrogen (secondary N) is 1. The number of benzene rings is 1. The second kappa shape index (κ2) is 4.82. The predicted octanol–water partition coefficient (Wildman–Crippen LogP) is 4.02. The second-order valence-electron chi connectivity index (χ2n) is 3.63. The van der Waals surface area contributed by atoms with Gasteiger partial charge in [0.25, 0.3) is 0 Å². The van der Waals surface area contributed by atoms with Gasteiger partial charge in [-0.1, -0.05) is 41.4 Å². The Morgan fingerprint density at radius 2 is 1.88 bits per heavy atom. The highest BCUT2D eigenvalue weighted by atomic mass is 35.5. The summed E-state index contributed by atoms with van der Waals surface area (Å²) >= 11 is 11.9. The van der Waals surface area contributed by atoms with Crippen molar-refractivity contribution in [3.05, 3.63) is 45.9 Å². The first-order chi connectivity index (χ1) is 8.08. The molecule has 2 rings (SSSR count). The lowest BCUT2D eigenvalue weighted by Crippen LogP contribution is -2.00. The Morgan fingerprint density at radius 3 is 2.59 bits per heavy atom. The summed E-state index contributed by atoms with van der Waals surface area (Å²) in [5, 5.41) is 3.92. The zero-order valence-electron chi connectivity index (χ0n) is 9.17. The van der Waals surface area contributed by atoms with Crippen LogP contribution in [0.1, 0.15) is 5.56 Å². The van der Waals surface area contributed by atoms with Crippen molar-refractivity contribution < 1.29 is 0 Å². The van der Waals surface area contributed by atoms with Gasteiger partial charge in [-0.05, 0) is 24.6 Å². The van der Waals surface area contributed by atoms with Crippen LogP contribution in [-0.2, 0) is 0 Å². The van der Waals surface area contributed by atoms with Crippen molar-refractivity contribution in [3.63, 3.8) is 0 Å². The summed E-state index contributed by atoms with van der Waals surface area (Å²) in [7, 11) is 0. The lowest BCUT2D eigenvalue weighted by Gasteiger charge is -2.11. The van der Waals surface area contributed by atoms with Crippen molar-refractivity contribution in [1.82, 2.24) is 4.98 Å². The highest BCUT2D eigenvalue weighted by Crippen LogP contribution is 2.30. The predicted molar refractivity (Wildman–Crippen MR) is 73.1 cm³/mol. The highest BCUT2D eigenvalue weighted by molar-refractivity contribution is 6.37. The lowest BCUT2D eigenvalue weighted by molar-refractivity contribution is 1.30. The van der Waals surface area contributed by atoms with Crippen LogP contribution in [0, 0.1) is 6.92 Å². The molecule has 0 unspecified atom stereocenters. The molecule has 17 heavy (non-hydrogen) atoms. The van der Waals surface area contributed by atoms with Crippen molar-refractivity contribution in [2.45, 2.75) is 6.92 Å². The van der Waals surface area contributed by atoms with Crippen molar-refractivity contribution in [2.75, 3.05) is 11.1 Å². The molecule has 5 heteroatoms. The van der Waals surface area contributed by atoms with E-state index in [0.29, 0.717) is 15.9 Å². The van der Waals surface area contributed by atoms with E-state index in [1.165, 1.54) is 0 Å². The Morgan fingerprint density at radius 1 is 1.18 bits per heavy atom. The molecule has 2 aromatic rings. The zero-order valence-corrected chi connectivity index (χ0v) is 10.7. The van der Waals surface area contributed by atoms with Gasteiger partial charge in [-0.3, -0.25) is 0 Å². The molecule has 0 saturated heterocycles. The van der Waals surface area contributed by atoms with Crippen LogP contribution < -0.4 is 11.1 Å². The number of anilines is 3. The van der Waals surface area contributed by atoms with Gasteiger partial charge in [0.05, 0.1) is 10.0 Å². The third-order valence-electron chi connectivity index (χ3n) is 2.35. The van der Waals surface area contributed by atoms with Crippen LogP contribution in [0.3, 0.4) is 0 Å². The summed E-state index contributed by atoms with van der Waals surface area (Å²) in [4.78, 5) is 4.11. The molecule has 0 spiro atoms. The lowest BCUT2D eigenvalue weighted by atomic mass is 10.2. The molecule has 0 atom stereocenters. The average molecular weight is 268 g/mol. The van der Waals surface area contributed by atoms with E-state index in [0.717, 1.165) is 11.3 Å². The Kier molecular flexibility index (Phi) is 3.41. The Bertz CT molecular complexity index is 555. The fourth-order valence-corrected chi connectivity index (χ4v) is 1.82. The van der Waals surface area contributed by atoms with Crippen LogP contribution in [0.25, 0.3) is 0 Å². The van der Waals surface area contributed by atoms with E-state index >= 15 is 0 Å². The number of aryl methyl sites for hydroxylation is 1. The minimum atomic E-state index is 0.257. The van der Waals surface area contributed by atoms with E-state index in [9.17, 15) is 0 Å². The smallest absolute Gasteiger partial charge is 0.151 e. The maximum atomic E-state index is 6.04. The molecular formula is C12H11Cl2N3. The summed E-state index contributed by atoms with van der Waals surface area (Å²) < 4.78 is 0. The number of nitrogen functional groups attached to an aromatic ring is 1. The van der Waals surface area contributed by atoms with Gasteiger partial charge in [-0.2, -0.15) is 0 Å². The minimum absolute atomic E-state index is 0.257. The Labute approximate surface area is 110 Å². The van der Waals surface area contributed by atoms with Gasteiger partial charge < -0.3 is 11.1 Å². The molecule has 0 radical (unpaired) electrons. The molecule has 88 valence electrons. The topological polar surface area (TPSA) is 50.9 Å². The number of aromatic nitrogens is 1. The second-order valence-corrected chi connectivity index (χ2v) is 4.44. The number of nitrogens with zero attached hydrogens (tertiary/aromatic N) is 1. The van der Waals surface area contributed by atoms with Gasteiger partial charge in [-0.25, -0.2) is 4.98 Å². The van der Waals surface area contributed by atoms with Crippen LogP contribution in [0.5, 0.6) is 0 Å². The molecule has 1 aromatic carbocycles. The molecule has 0 amide bonds. The van der Waals surface area contributed by atoms with Crippen LogP contribution >= 0.6 is 23.2 Å². The fourth-order valence-electron chi connectivity index (χ4n) is 1.41. The Balaban J connectivity index is 2.37. The van der Waals surface area contributed by atoms with E-state index < -0.39 is 0 Å². The van der Waals surface area contributed by atoms with Gasteiger partial charge in [0.15, 0.2) is 5.82 Å². The van der Waals surface area contributed by atoms with E-state index in [1.807, 2.05) is 31.2 Å². The van der Waals surface area contributed by atoms with E-state index in [2.05, 4.69) is 10.3 Å². The standard InChI is InChI=1S/C12H11Cl2N3/c1-7-4-2-3-5-10(7)16-12-9(14)6-8(13)11(15)17-12/h2-6H,1H3,(H3,15,16,17). The van der Waals surface area contributed by atoms with Crippen molar-refractivity contribution >= 4 is 40.5 Å². The maximum absolute atomic E-state index is 6.04. The molecule has 3 N–H and O–H groups in total. The fraction of sp³-hybridized carbons (Fsp3) is 0.0833. The monoisotopic (exact) mass is 267 g/mol. The third kappa shape index (κ3) is 2.62. The number of halogens is 2. The molecule has 1 heterocycles. The van der Waals surface area contributed by atoms with Gasteiger partial charge in [0.2, 0.25) is 0 Å². The van der Waals surface area contributed by atoms with Crippen LogP contribution in [-0.4, -0.2) is 4.98 Å². The normalized spacial score (nSPS) is 10.3. The molecule has 0 saturated carbocycles. The van der Waals surface area contributed by atoms with Crippen molar-refractivity contribution in [2.24, 2.45) is 0 Å². The molecule has 0 aliphatic carbocycles. The summed E-state index contributed by atoms with van der Waals surface area (Å²) in [5.41, 5.74) is 7.67. The van der Waals surface area contributed by atoms with Gasteiger partial charge in [0, 0.05) is 5.69 Å². The highest BCUT2D eigenvalue weighted by Gasteiger charge is 2.08. The molecule has 1 aromatic heterocycles. The minimum Gasteiger partial charge on any atom is -0.382 e. The summed E-state index contributed by atoms with van der Waals surface area (Å²) in [6, 6.07) is 9.41. The first-order valence-electron chi connectivity index (χ1n) is 5.02. The molecule has 0 aliphatic heterocycles. The maximum Gasteiger partial charge on any atom is 0.151 e. The number of para-hydroxylation sites is 1. The van der Waals surface area contributed by atoms with Crippen molar-refractivity contribution in [3.8, 4) is 0 Å². The van der Waals surface area contributed by atoms with Crippen LogP contribution in [0.4, 0.5) is 17.3 Å². The van der Waals surface area contributed by atoms with Crippen LogP contribution in [0.2, 0.25) is 10.0 Å². The quantitative estimate of drug-likeness (QED) is 0.864. The summed E-state index contributed by atoms with van der Waals surface area (Å²) in [5.74, 6) is 0.759. The molecular weight excluding hydrogens is 257 g/mol. The van der Waals surface area contributed by atoms with Gasteiger partial charge >= 0.3 is 0 Å². The SMILES string of the molecule is Cc1ccccc1Nc1nc(N)c(Cl)cc1Cl. The van der Waals surface area contributed by atoms with E-state index in [4.69, 9.17) is 28.9 Å². The molecule has 0 aliphatic rings. The number of hydrogen-bond acceptors (Lipinski definition) is 3. The molecule has 0 bridgehead atoms. The number of pyridine rings is 1. The Hall–Kier alpha value is -1.45. The van der Waals surface area contributed by atoms with Crippen LogP contribution in [0.15, 0.2) is 30.3 Å². The van der Waals surface area contributed by atoms with E-state index in [-0.39, 0.29) is 5.82 Å².